The topological polar surface area (TPSA) is 66.2 Å². The average molecular weight is 376 g/mol. The number of hydrogen-bond acceptors (Lipinski definition) is 5. The molecule has 2 fully saturated rings. The number of aromatic nitrogens is 3. The molecule has 1 saturated carbocycles. The zero-order valence-electron chi connectivity index (χ0n) is 14.5. The third-order valence-electron chi connectivity index (χ3n) is 5.43. The number of rotatable bonds is 6. The van der Waals surface area contributed by atoms with Crippen LogP contribution >= 0.6 is 11.6 Å². The maximum Gasteiger partial charge on any atom is 0.155 e. The summed E-state index contributed by atoms with van der Waals surface area (Å²) in [6.45, 7) is 2.01. The Morgan fingerprint density at radius 3 is 2.92 bits per heavy atom. The molecule has 0 spiro atoms. The van der Waals surface area contributed by atoms with Crippen LogP contribution < -0.4 is 4.74 Å². The first-order chi connectivity index (χ1) is 12.8. The van der Waals surface area contributed by atoms with E-state index in [2.05, 4.69) is 20.8 Å². The van der Waals surface area contributed by atoms with Gasteiger partial charge in [-0.25, -0.2) is 0 Å². The van der Waals surface area contributed by atoms with E-state index in [1.807, 2.05) is 6.20 Å². The molecule has 2 unspecified atom stereocenters. The van der Waals surface area contributed by atoms with Crippen LogP contribution in [0.1, 0.15) is 53.7 Å². The first kappa shape index (κ1) is 17.5. The number of nitrogens with zero attached hydrogens (tertiary/aromatic N) is 3. The van der Waals surface area contributed by atoms with Gasteiger partial charge in [0.1, 0.15) is 5.75 Å². The maximum atomic E-state index is 11.3. The van der Waals surface area contributed by atoms with Crippen LogP contribution in [0.3, 0.4) is 0 Å². The third kappa shape index (κ3) is 3.35. The monoisotopic (exact) mass is 375 g/mol. The van der Waals surface area contributed by atoms with Gasteiger partial charge in [-0.2, -0.15) is 5.10 Å². The van der Waals surface area contributed by atoms with Crippen LogP contribution in [0, 0.1) is 5.92 Å². The summed E-state index contributed by atoms with van der Waals surface area (Å²) >= 11 is 6.04. The highest BCUT2D eigenvalue weighted by Gasteiger charge is 2.32. The molecule has 2 aliphatic rings. The van der Waals surface area contributed by atoms with Gasteiger partial charge in [0, 0.05) is 29.9 Å². The first-order valence-electron chi connectivity index (χ1n) is 9.10. The van der Waals surface area contributed by atoms with Gasteiger partial charge in [0.15, 0.2) is 6.29 Å². The van der Waals surface area contributed by atoms with Crippen molar-refractivity contribution in [2.75, 3.05) is 19.8 Å². The Bertz CT molecular complexity index is 775. The van der Waals surface area contributed by atoms with E-state index in [0.717, 1.165) is 32.3 Å². The van der Waals surface area contributed by atoms with Gasteiger partial charge in [0.2, 0.25) is 0 Å². The zero-order chi connectivity index (χ0) is 17.9. The fourth-order valence-electron chi connectivity index (χ4n) is 3.94. The Balaban J connectivity index is 1.51. The number of pyridine rings is 1. The van der Waals surface area contributed by atoms with Crippen molar-refractivity contribution >= 4 is 17.9 Å². The van der Waals surface area contributed by atoms with Crippen LogP contribution in [0.15, 0.2) is 24.7 Å². The van der Waals surface area contributed by atoms with Gasteiger partial charge in [0.25, 0.3) is 0 Å². The van der Waals surface area contributed by atoms with Gasteiger partial charge in [-0.1, -0.05) is 24.4 Å². The van der Waals surface area contributed by atoms with Crippen LogP contribution in [0.4, 0.5) is 0 Å². The Morgan fingerprint density at radius 1 is 1.31 bits per heavy atom. The molecule has 0 radical (unpaired) electrons. The highest BCUT2D eigenvalue weighted by atomic mass is 35.5. The Hall–Kier alpha value is -1.92. The molecule has 1 aliphatic carbocycles. The summed E-state index contributed by atoms with van der Waals surface area (Å²) in [7, 11) is 0. The lowest BCUT2D eigenvalue weighted by Gasteiger charge is -2.35. The van der Waals surface area contributed by atoms with Crippen molar-refractivity contribution in [3.8, 4) is 5.75 Å². The number of aldehydes is 1. The van der Waals surface area contributed by atoms with E-state index in [0.29, 0.717) is 40.8 Å². The Morgan fingerprint density at radius 2 is 2.15 bits per heavy atom. The summed E-state index contributed by atoms with van der Waals surface area (Å²) in [5.41, 5.74) is 1.64. The van der Waals surface area contributed by atoms with E-state index < -0.39 is 0 Å². The molecule has 1 saturated heterocycles. The van der Waals surface area contributed by atoms with Crippen molar-refractivity contribution in [1.29, 1.82) is 0 Å². The normalized spacial score (nSPS) is 23.4. The predicted molar refractivity (Wildman–Crippen MR) is 96.9 cm³/mol. The number of ether oxygens (including phenoxy) is 2. The molecule has 0 bridgehead atoms. The van der Waals surface area contributed by atoms with Crippen molar-refractivity contribution in [2.24, 2.45) is 5.92 Å². The number of halogens is 1. The Kier molecular flexibility index (Phi) is 5.22. The number of carbonyl (C=O) groups excluding carboxylic acids is 1. The molecule has 6 nitrogen and oxygen atoms in total. The fraction of sp³-hybridized carbons (Fsp3) is 0.526. The summed E-state index contributed by atoms with van der Waals surface area (Å²) in [6, 6.07) is 2.47. The van der Waals surface area contributed by atoms with Gasteiger partial charge in [-0.15, -0.1) is 0 Å². The highest BCUT2D eigenvalue weighted by molar-refractivity contribution is 6.33. The second kappa shape index (κ2) is 7.76. The first-order valence-corrected chi connectivity index (χ1v) is 9.48. The van der Waals surface area contributed by atoms with E-state index in [1.165, 1.54) is 24.7 Å². The van der Waals surface area contributed by atoms with Crippen LogP contribution in [-0.4, -0.2) is 40.9 Å². The summed E-state index contributed by atoms with van der Waals surface area (Å²) < 4.78 is 13.4. The summed E-state index contributed by atoms with van der Waals surface area (Å²) in [4.78, 5) is 15.3. The quantitative estimate of drug-likeness (QED) is 0.721. The lowest BCUT2D eigenvalue weighted by atomic mass is 9.77. The van der Waals surface area contributed by atoms with E-state index >= 15 is 0 Å². The lowest BCUT2D eigenvalue weighted by molar-refractivity contribution is -0.0310. The van der Waals surface area contributed by atoms with E-state index in [9.17, 15) is 4.79 Å². The largest absolute Gasteiger partial charge is 0.491 e. The second-order valence-corrected chi connectivity index (χ2v) is 7.41. The van der Waals surface area contributed by atoms with Crippen LogP contribution in [0.25, 0.3) is 0 Å². The molecule has 2 atom stereocenters. The molecule has 1 aliphatic heterocycles. The van der Waals surface area contributed by atoms with Crippen molar-refractivity contribution in [2.45, 2.75) is 37.6 Å². The smallest absolute Gasteiger partial charge is 0.155 e. The summed E-state index contributed by atoms with van der Waals surface area (Å²) in [5, 5.41) is 4.85. The number of hydrogen-bond donors (Lipinski definition) is 0. The fourth-order valence-corrected chi connectivity index (χ4v) is 4.13. The molecule has 2 aromatic rings. The van der Waals surface area contributed by atoms with Crippen molar-refractivity contribution in [3.63, 3.8) is 0 Å². The van der Waals surface area contributed by atoms with Gasteiger partial charge < -0.3 is 9.47 Å². The summed E-state index contributed by atoms with van der Waals surface area (Å²) in [6.07, 6.45) is 10.3. The molecule has 0 N–H and O–H groups in total. The molecule has 0 amide bonds. The molecule has 0 aromatic carbocycles. The van der Waals surface area contributed by atoms with Gasteiger partial charge in [-0.3, -0.25) is 14.5 Å². The van der Waals surface area contributed by atoms with Crippen molar-refractivity contribution < 1.29 is 14.3 Å². The minimum atomic E-state index is 0.320. The molecule has 3 heterocycles. The minimum Gasteiger partial charge on any atom is -0.491 e. The summed E-state index contributed by atoms with van der Waals surface area (Å²) in [5.74, 6) is 1.23. The average Bonchev–Trinajstić information content (AvgIpc) is 3.07. The van der Waals surface area contributed by atoms with Crippen LogP contribution in [-0.2, 0) is 4.74 Å². The van der Waals surface area contributed by atoms with Crippen LogP contribution in [0.5, 0.6) is 5.75 Å². The van der Waals surface area contributed by atoms with Crippen molar-refractivity contribution in [3.05, 3.63) is 40.9 Å². The second-order valence-electron chi connectivity index (χ2n) is 7.00. The third-order valence-corrected chi connectivity index (χ3v) is 5.73. The predicted octanol–water partition coefficient (Wildman–Crippen LogP) is 3.67. The highest BCUT2D eigenvalue weighted by Crippen LogP contribution is 2.39. The maximum absolute atomic E-state index is 11.3. The molecule has 138 valence electrons. The van der Waals surface area contributed by atoms with Gasteiger partial charge in [-0.05, 0) is 18.9 Å². The van der Waals surface area contributed by atoms with E-state index in [4.69, 9.17) is 21.1 Å². The molecular weight excluding hydrogens is 354 g/mol. The van der Waals surface area contributed by atoms with Crippen molar-refractivity contribution in [1.82, 2.24) is 14.8 Å². The molecule has 2 aromatic heterocycles. The molecule has 4 rings (SSSR count). The van der Waals surface area contributed by atoms with Crippen LogP contribution in [0.2, 0.25) is 5.02 Å². The zero-order valence-corrected chi connectivity index (χ0v) is 15.3. The van der Waals surface area contributed by atoms with E-state index in [-0.39, 0.29) is 0 Å². The Labute approximate surface area is 157 Å². The standard InChI is InChI=1S/C19H22ClN3O3/c20-17-7-21-8-19(16(17)9-24)26-10-13-3-1-2-4-15(13)18-5-6-22-23(18)14-11-25-12-14/h5-9,13-15H,1-4,10-12H2. The van der Waals surface area contributed by atoms with Gasteiger partial charge in [0.05, 0.1) is 42.6 Å². The molecule has 26 heavy (non-hydrogen) atoms. The lowest BCUT2D eigenvalue weighted by Crippen LogP contribution is -2.34. The SMILES string of the molecule is O=Cc1c(Cl)cncc1OCC1CCCCC1c1ccnn1C1COC1. The molecule has 7 heteroatoms. The number of carbonyl (C=O) groups is 1. The van der Waals surface area contributed by atoms with E-state index in [1.54, 1.807) is 6.20 Å². The van der Waals surface area contributed by atoms with Gasteiger partial charge >= 0.3 is 0 Å². The molecular formula is C19H22ClN3O3. The minimum absolute atomic E-state index is 0.320.